The van der Waals surface area contributed by atoms with Gasteiger partial charge >= 0.3 is 0 Å². The van der Waals surface area contributed by atoms with E-state index in [1.165, 1.54) is 11.1 Å². The monoisotopic (exact) mass is 691 g/mol. The Morgan fingerprint density at radius 3 is 1.78 bits per heavy atom. The number of fused-ring (bicyclic) bond motifs is 7. The lowest BCUT2D eigenvalue weighted by atomic mass is 9.97. The molecule has 0 aliphatic rings. The average Bonchev–Trinajstić information content (AvgIpc) is 3.81. The van der Waals surface area contributed by atoms with Crippen molar-refractivity contribution in [2.75, 3.05) is 0 Å². The Morgan fingerprint density at radius 2 is 0.889 bits per heavy atom. The summed E-state index contributed by atoms with van der Waals surface area (Å²) in [6.07, 6.45) is 0. The number of hydrogen-bond acceptors (Lipinski definition) is 5. The zero-order valence-electron chi connectivity index (χ0n) is 28.9. The molecule has 3 heterocycles. The highest BCUT2D eigenvalue weighted by molar-refractivity contribution is 6.13. The summed E-state index contributed by atoms with van der Waals surface area (Å²) < 4.78 is 12.8. The second kappa shape index (κ2) is 12.1. The standard InChI is InChI=1S/C49H29N3O2/c1-2-10-30(11-3-1)33-14-8-15-34(26-33)35-23-25-43-41(28-35)46-40(17-9-19-44(46)53-43)49-51-47(36-21-20-31-12-4-5-13-32(31)27-36)50-48(52-49)37-22-24-39-38-16-6-7-18-42(38)54-45(39)29-37/h1-29H. The molecule has 0 unspecified atom stereocenters. The summed E-state index contributed by atoms with van der Waals surface area (Å²) in [6, 6.07) is 60.6. The Balaban J connectivity index is 1.11. The minimum absolute atomic E-state index is 0.564. The fourth-order valence-electron chi connectivity index (χ4n) is 7.65. The third kappa shape index (κ3) is 5.06. The first-order valence-electron chi connectivity index (χ1n) is 18.0. The molecule has 5 heteroatoms. The van der Waals surface area contributed by atoms with Crippen molar-refractivity contribution >= 4 is 54.6 Å². The average molecular weight is 692 g/mol. The predicted molar refractivity (Wildman–Crippen MR) is 219 cm³/mol. The largest absolute Gasteiger partial charge is 0.456 e. The van der Waals surface area contributed by atoms with Crippen LogP contribution in [-0.2, 0) is 0 Å². The van der Waals surface area contributed by atoms with E-state index in [-0.39, 0.29) is 0 Å². The molecule has 54 heavy (non-hydrogen) atoms. The lowest BCUT2D eigenvalue weighted by molar-refractivity contribution is 0.668. The van der Waals surface area contributed by atoms with E-state index in [0.717, 1.165) is 82.5 Å². The number of rotatable bonds is 5. The van der Waals surface area contributed by atoms with Gasteiger partial charge in [-0.2, -0.15) is 0 Å². The highest BCUT2D eigenvalue weighted by atomic mass is 16.3. The highest BCUT2D eigenvalue weighted by Crippen LogP contribution is 2.39. The van der Waals surface area contributed by atoms with E-state index >= 15 is 0 Å². The molecule has 11 aromatic rings. The van der Waals surface area contributed by atoms with E-state index in [2.05, 4.69) is 133 Å². The molecule has 0 saturated carbocycles. The Labute approximate surface area is 309 Å². The lowest BCUT2D eigenvalue weighted by Gasteiger charge is -2.10. The molecule has 0 radical (unpaired) electrons. The maximum Gasteiger partial charge on any atom is 0.164 e. The van der Waals surface area contributed by atoms with Crippen molar-refractivity contribution in [3.63, 3.8) is 0 Å². The van der Waals surface area contributed by atoms with Gasteiger partial charge in [0.2, 0.25) is 0 Å². The van der Waals surface area contributed by atoms with Gasteiger partial charge in [0.05, 0.1) is 0 Å². The topological polar surface area (TPSA) is 65.0 Å². The SMILES string of the molecule is c1ccc(-c2cccc(-c3ccc4oc5cccc(-c6nc(-c7ccc8ccccc8c7)nc(-c7ccc8c(c7)oc7ccccc78)n6)c5c4c3)c2)cc1. The van der Waals surface area contributed by atoms with E-state index in [1.807, 2.05) is 42.5 Å². The van der Waals surface area contributed by atoms with Gasteiger partial charge in [0, 0.05) is 38.2 Å². The summed E-state index contributed by atoms with van der Waals surface area (Å²) in [5.74, 6) is 1.72. The van der Waals surface area contributed by atoms with Crippen molar-refractivity contribution in [3.05, 3.63) is 176 Å². The number of benzene rings is 8. The van der Waals surface area contributed by atoms with Crippen LogP contribution in [0.3, 0.4) is 0 Å². The van der Waals surface area contributed by atoms with Gasteiger partial charge in [-0.1, -0.05) is 127 Å². The first-order valence-corrected chi connectivity index (χ1v) is 18.0. The third-order valence-electron chi connectivity index (χ3n) is 10.3. The molecule has 11 rings (SSSR count). The Bertz CT molecular complexity index is 3230. The van der Waals surface area contributed by atoms with Crippen LogP contribution >= 0.6 is 0 Å². The summed E-state index contributed by atoms with van der Waals surface area (Å²) in [7, 11) is 0. The molecule has 3 aromatic heterocycles. The van der Waals surface area contributed by atoms with Crippen molar-refractivity contribution in [2.45, 2.75) is 0 Å². The zero-order chi connectivity index (χ0) is 35.6. The van der Waals surface area contributed by atoms with Crippen molar-refractivity contribution < 1.29 is 8.83 Å². The lowest BCUT2D eigenvalue weighted by Crippen LogP contribution is -2.00. The molecular weight excluding hydrogens is 663 g/mol. The fraction of sp³-hybridized carbons (Fsp3) is 0. The van der Waals surface area contributed by atoms with Crippen LogP contribution < -0.4 is 0 Å². The van der Waals surface area contributed by atoms with Crippen LogP contribution in [0.4, 0.5) is 0 Å². The first-order chi connectivity index (χ1) is 26.7. The minimum Gasteiger partial charge on any atom is -0.456 e. The molecule has 0 fully saturated rings. The van der Waals surface area contributed by atoms with Crippen LogP contribution in [0.1, 0.15) is 0 Å². The second-order valence-corrected chi connectivity index (χ2v) is 13.6. The van der Waals surface area contributed by atoms with Crippen molar-refractivity contribution in [1.29, 1.82) is 0 Å². The summed E-state index contributed by atoms with van der Waals surface area (Å²) >= 11 is 0. The quantitative estimate of drug-likeness (QED) is 0.180. The predicted octanol–water partition coefficient (Wildman–Crippen LogP) is 13.2. The van der Waals surface area contributed by atoms with Gasteiger partial charge in [-0.05, 0) is 81.6 Å². The number of aromatic nitrogens is 3. The number of hydrogen-bond donors (Lipinski definition) is 0. The molecule has 0 aliphatic carbocycles. The van der Waals surface area contributed by atoms with Crippen LogP contribution in [0.15, 0.2) is 185 Å². The summed E-state index contributed by atoms with van der Waals surface area (Å²) in [4.78, 5) is 15.5. The molecule has 5 nitrogen and oxygen atoms in total. The van der Waals surface area contributed by atoms with Gasteiger partial charge in [-0.15, -0.1) is 0 Å². The van der Waals surface area contributed by atoms with Gasteiger partial charge in [-0.25, -0.2) is 15.0 Å². The molecule has 0 bridgehead atoms. The van der Waals surface area contributed by atoms with Gasteiger partial charge in [0.25, 0.3) is 0 Å². The summed E-state index contributed by atoms with van der Waals surface area (Å²) in [6.45, 7) is 0. The van der Waals surface area contributed by atoms with Crippen LogP contribution in [-0.4, -0.2) is 15.0 Å². The van der Waals surface area contributed by atoms with Crippen LogP contribution in [0.25, 0.3) is 111 Å². The molecule has 252 valence electrons. The molecule has 0 amide bonds. The van der Waals surface area contributed by atoms with E-state index in [4.69, 9.17) is 23.8 Å². The van der Waals surface area contributed by atoms with Gasteiger partial charge < -0.3 is 8.83 Å². The Morgan fingerprint density at radius 1 is 0.296 bits per heavy atom. The maximum absolute atomic E-state index is 6.47. The van der Waals surface area contributed by atoms with Gasteiger partial charge in [-0.3, -0.25) is 0 Å². The minimum atomic E-state index is 0.564. The van der Waals surface area contributed by atoms with Crippen LogP contribution in [0.5, 0.6) is 0 Å². The van der Waals surface area contributed by atoms with Crippen molar-refractivity contribution in [2.24, 2.45) is 0 Å². The first kappa shape index (κ1) is 30.3. The zero-order valence-corrected chi connectivity index (χ0v) is 28.9. The summed E-state index contributed by atoms with van der Waals surface area (Å²) in [5, 5.41) is 6.37. The Hall–Kier alpha value is -7.37. The molecule has 0 atom stereocenters. The molecule has 8 aromatic carbocycles. The maximum atomic E-state index is 6.47. The molecule has 0 spiro atoms. The third-order valence-corrected chi connectivity index (χ3v) is 10.3. The van der Waals surface area contributed by atoms with Crippen molar-refractivity contribution in [1.82, 2.24) is 15.0 Å². The normalized spacial score (nSPS) is 11.7. The number of para-hydroxylation sites is 1. The van der Waals surface area contributed by atoms with Gasteiger partial charge in [0.15, 0.2) is 17.5 Å². The van der Waals surface area contributed by atoms with E-state index in [1.54, 1.807) is 0 Å². The molecule has 0 N–H and O–H groups in total. The van der Waals surface area contributed by atoms with Crippen molar-refractivity contribution in [3.8, 4) is 56.4 Å². The molecule has 0 saturated heterocycles. The number of nitrogens with zero attached hydrogens (tertiary/aromatic N) is 3. The second-order valence-electron chi connectivity index (χ2n) is 13.6. The van der Waals surface area contributed by atoms with Gasteiger partial charge in [0.1, 0.15) is 22.3 Å². The smallest absolute Gasteiger partial charge is 0.164 e. The summed E-state index contributed by atoms with van der Waals surface area (Å²) in [5.41, 5.74) is 10.4. The highest BCUT2D eigenvalue weighted by Gasteiger charge is 2.19. The van der Waals surface area contributed by atoms with E-state index in [0.29, 0.717) is 17.5 Å². The van der Waals surface area contributed by atoms with Crippen LogP contribution in [0.2, 0.25) is 0 Å². The Kier molecular flexibility index (Phi) is 6.79. The fourth-order valence-corrected chi connectivity index (χ4v) is 7.65. The molecular formula is C49H29N3O2. The number of furan rings is 2. The van der Waals surface area contributed by atoms with Crippen LogP contribution in [0, 0.1) is 0 Å². The van der Waals surface area contributed by atoms with E-state index in [9.17, 15) is 0 Å². The van der Waals surface area contributed by atoms with E-state index < -0.39 is 0 Å². The molecule has 0 aliphatic heterocycles.